The van der Waals surface area contributed by atoms with E-state index in [2.05, 4.69) is 10.1 Å². The van der Waals surface area contributed by atoms with Crippen LogP contribution < -0.4 is 10.1 Å². The van der Waals surface area contributed by atoms with Gasteiger partial charge in [-0.05, 0) is 55.5 Å². The Morgan fingerprint density at radius 2 is 1.92 bits per heavy atom. The van der Waals surface area contributed by atoms with Crippen molar-refractivity contribution in [1.82, 2.24) is 10.2 Å². The number of alkyl halides is 2. The molecular formula is C17H23ClF2N2O2. The third kappa shape index (κ3) is 4.80. The van der Waals surface area contributed by atoms with Crippen LogP contribution in [0, 0.1) is 11.8 Å². The van der Waals surface area contributed by atoms with Crippen LogP contribution in [0.2, 0.25) is 0 Å². The van der Waals surface area contributed by atoms with E-state index in [1.165, 1.54) is 12.1 Å². The third-order valence-corrected chi connectivity index (χ3v) is 4.85. The molecule has 134 valence electrons. The Morgan fingerprint density at radius 1 is 1.25 bits per heavy atom. The van der Waals surface area contributed by atoms with Gasteiger partial charge in [-0.15, -0.1) is 12.4 Å². The molecule has 4 nitrogen and oxygen atoms in total. The maximum atomic E-state index is 12.5. The number of ether oxygens (including phenoxy) is 1. The highest BCUT2D eigenvalue weighted by Crippen LogP contribution is 2.27. The summed E-state index contributed by atoms with van der Waals surface area (Å²) in [5, 5.41) is 3.42. The largest absolute Gasteiger partial charge is 0.435 e. The number of halogens is 3. The number of hydrogen-bond acceptors (Lipinski definition) is 3. The predicted molar refractivity (Wildman–Crippen MR) is 89.7 cm³/mol. The van der Waals surface area contributed by atoms with Gasteiger partial charge in [0.2, 0.25) is 5.91 Å². The summed E-state index contributed by atoms with van der Waals surface area (Å²) in [6.45, 7) is 0.836. The average Bonchev–Trinajstić information content (AvgIpc) is 2.85. The first-order valence-electron chi connectivity index (χ1n) is 8.14. The zero-order chi connectivity index (χ0) is 16.2. The maximum absolute atomic E-state index is 12.5. The van der Waals surface area contributed by atoms with Crippen LogP contribution >= 0.6 is 12.4 Å². The van der Waals surface area contributed by atoms with E-state index >= 15 is 0 Å². The first-order chi connectivity index (χ1) is 11.1. The Hall–Kier alpha value is -1.40. The molecule has 0 radical (unpaired) electrons. The highest BCUT2D eigenvalue weighted by molar-refractivity contribution is 5.85. The molecule has 2 aliphatic rings. The molecule has 0 aromatic heterocycles. The minimum atomic E-state index is -2.85. The number of nitrogens with zero attached hydrogens (tertiary/aromatic N) is 1. The quantitative estimate of drug-likeness (QED) is 0.897. The van der Waals surface area contributed by atoms with Crippen LogP contribution in [0.3, 0.4) is 0 Å². The highest BCUT2D eigenvalue weighted by Gasteiger charge is 2.31. The molecule has 3 rings (SSSR count). The maximum Gasteiger partial charge on any atom is 0.387 e. The number of fused-ring (bicyclic) bond motifs is 1. The lowest BCUT2D eigenvalue weighted by Crippen LogP contribution is -2.33. The number of benzene rings is 1. The molecule has 0 bridgehead atoms. The lowest BCUT2D eigenvalue weighted by Gasteiger charge is -2.21. The van der Waals surface area contributed by atoms with Gasteiger partial charge in [0, 0.05) is 13.1 Å². The molecule has 1 aromatic rings. The van der Waals surface area contributed by atoms with Gasteiger partial charge in [0.05, 0.1) is 6.42 Å². The van der Waals surface area contributed by atoms with E-state index in [1.807, 2.05) is 4.90 Å². The third-order valence-electron chi connectivity index (χ3n) is 4.85. The first kappa shape index (κ1) is 18.9. The molecule has 1 N–H and O–H groups in total. The Kier molecular flexibility index (Phi) is 6.80. The van der Waals surface area contributed by atoms with E-state index < -0.39 is 6.61 Å². The average molecular weight is 361 g/mol. The second-order valence-electron chi connectivity index (χ2n) is 6.34. The molecule has 7 heteroatoms. The number of rotatable bonds is 4. The molecule has 24 heavy (non-hydrogen) atoms. The van der Waals surface area contributed by atoms with Crippen molar-refractivity contribution in [3.8, 4) is 5.75 Å². The smallest absolute Gasteiger partial charge is 0.387 e. The number of likely N-dealkylation sites (tertiary alicyclic amines) is 1. The van der Waals surface area contributed by atoms with Crippen molar-refractivity contribution in [2.75, 3.05) is 26.2 Å². The molecule has 1 aromatic carbocycles. The van der Waals surface area contributed by atoms with Crippen molar-refractivity contribution in [2.24, 2.45) is 11.8 Å². The molecule has 0 aliphatic carbocycles. The molecule has 2 saturated heterocycles. The zero-order valence-corrected chi connectivity index (χ0v) is 14.2. The fourth-order valence-corrected chi connectivity index (χ4v) is 3.59. The SMILES string of the molecule is Cl.O=C(Cc1cccc(OC(F)F)c1)N1CC[C@@H]2CNC[C@@H]2CC1. The molecule has 2 atom stereocenters. The molecule has 0 unspecified atom stereocenters. The van der Waals surface area contributed by atoms with Crippen molar-refractivity contribution in [1.29, 1.82) is 0 Å². The Morgan fingerprint density at radius 3 is 2.54 bits per heavy atom. The van der Waals surface area contributed by atoms with Crippen LogP contribution in [0.25, 0.3) is 0 Å². The minimum absolute atomic E-state index is 0. The van der Waals surface area contributed by atoms with Crippen molar-refractivity contribution >= 4 is 18.3 Å². The number of amides is 1. The second kappa shape index (κ2) is 8.62. The summed E-state index contributed by atoms with van der Waals surface area (Å²) in [7, 11) is 0. The first-order valence-corrected chi connectivity index (χ1v) is 8.14. The number of hydrogen-bond donors (Lipinski definition) is 1. The predicted octanol–water partition coefficient (Wildman–Crippen LogP) is 2.71. The summed E-state index contributed by atoms with van der Waals surface area (Å²) in [5.41, 5.74) is 0.708. The van der Waals surface area contributed by atoms with Gasteiger partial charge >= 0.3 is 6.61 Å². The number of carbonyl (C=O) groups is 1. The fourth-order valence-electron chi connectivity index (χ4n) is 3.59. The topological polar surface area (TPSA) is 41.6 Å². The van der Waals surface area contributed by atoms with Gasteiger partial charge in [0.1, 0.15) is 5.75 Å². The van der Waals surface area contributed by atoms with Gasteiger partial charge in [-0.3, -0.25) is 4.79 Å². The van der Waals surface area contributed by atoms with Crippen LogP contribution in [-0.2, 0) is 11.2 Å². The lowest BCUT2D eigenvalue weighted by atomic mass is 9.92. The summed E-state index contributed by atoms with van der Waals surface area (Å²) in [6.07, 6.45) is 2.31. The van der Waals surface area contributed by atoms with Crippen LogP contribution in [0.15, 0.2) is 24.3 Å². The minimum Gasteiger partial charge on any atom is -0.435 e. The van der Waals surface area contributed by atoms with E-state index in [1.54, 1.807) is 12.1 Å². The lowest BCUT2D eigenvalue weighted by molar-refractivity contribution is -0.130. The van der Waals surface area contributed by atoms with Gasteiger partial charge in [0.25, 0.3) is 0 Å². The molecule has 1 amide bonds. The van der Waals surface area contributed by atoms with E-state index in [0.717, 1.165) is 39.0 Å². The second-order valence-corrected chi connectivity index (χ2v) is 6.34. The van der Waals surface area contributed by atoms with Crippen molar-refractivity contribution < 1.29 is 18.3 Å². The molecule has 2 aliphatic heterocycles. The molecule has 0 spiro atoms. The molecule has 0 saturated carbocycles. The van der Waals surface area contributed by atoms with Gasteiger partial charge in [-0.1, -0.05) is 12.1 Å². The van der Waals surface area contributed by atoms with Crippen molar-refractivity contribution in [3.63, 3.8) is 0 Å². The van der Waals surface area contributed by atoms with Crippen LogP contribution in [-0.4, -0.2) is 43.6 Å². The van der Waals surface area contributed by atoms with E-state index in [0.29, 0.717) is 17.4 Å². The number of nitrogens with one attached hydrogen (secondary N) is 1. The monoisotopic (exact) mass is 360 g/mol. The molecule has 2 heterocycles. The normalized spacial score (nSPS) is 23.4. The Labute approximate surface area is 147 Å². The summed E-state index contributed by atoms with van der Waals surface area (Å²) >= 11 is 0. The van der Waals surface area contributed by atoms with Crippen LogP contribution in [0.5, 0.6) is 5.75 Å². The molecule has 2 fully saturated rings. The van der Waals surface area contributed by atoms with E-state index in [-0.39, 0.29) is 30.5 Å². The van der Waals surface area contributed by atoms with Gasteiger partial charge < -0.3 is 15.0 Å². The van der Waals surface area contributed by atoms with Crippen LogP contribution in [0.4, 0.5) is 8.78 Å². The zero-order valence-electron chi connectivity index (χ0n) is 13.4. The Bertz CT molecular complexity index is 545. The summed E-state index contributed by atoms with van der Waals surface area (Å²) < 4.78 is 28.9. The summed E-state index contributed by atoms with van der Waals surface area (Å²) in [4.78, 5) is 14.4. The van der Waals surface area contributed by atoms with E-state index in [4.69, 9.17) is 0 Å². The number of carbonyl (C=O) groups excluding carboxylic acids is 1. The van der Waals surface area contributed by atoms with Gasteiger partial charge in [0.15, 0.2) is 0 Å². The van der Waals surface area contributed by atoms with Gasteiger partial charge in [-0.25, -0.2) is 0 Å². The standard InChI is InChI=1S/C17H22F2N2O2.ClH/c18-17(19)23-15-3-1-2-12(8-15)9-16(22)21-6-4-13-10-20-11-14(13)5-7-21;/h1-3,8,13-14,17,20H,4-7,9-11H2;1H/t13-,14+;. The Balaban J connectivity index is 0.00000208. The summed E-state index contributed by atoms with van der Waals surface area (Å²) in [5.74, 6) is 1.51. The van der Waals surface area contributed by atoms with Crippen molar-refractivity contribution in [2.45, 2.75) is 25.9 Å². The molecular weight excluding hydrogens is 338 g/mol. The van der Waals surface area contributed by atoms with Gasteiger partial charge in [-0.2, -0.15) is 8.78 Å². The van der Waals surface area contributed by atoms with Crippen LogP contribution in [0.1, 0.15) is 18.4 Å². The van der Waals surface area contributed by atoms with E-state index in [9.17, 15) is 13.6 Å². The van der Waals surface area contributed by atoms with Crippen molar-refractivity contribution in [3.05, 3.63) is 29.8 Å². The highest BCUT2D eigenvalue weighted by atomic mass is 35.5. The summed E-state index contributed by atoms with van der Waals surface area (Å²) in [6, 6.07) is 6.40. The fraction of sp³-hybridized carbons (Fsp3) is 0.588.